The third-order valence-corrected chi connectivity index (χ3v) is 5.50. The zero-order valence-electron chi connectivity index (χ0n) is 18.2. The highest BCUT2D eigenvalue weighted by Gasteiger charge is 2.17. The molecule has 0 aromatic carbocycles. The van der Waals surface area contributed by atoms with Crippen LogP contribution in [-0.2, 0) is 16.1 Å². The number of anilines is 1. The Morgan fingerprint density at radius 2 is 2.07 bits per heavy atom. The fraction of sp³-hybridized carbons (Fsp3) is 0.682. The third-order valence-electron chi connectivity index (χ3n) is 5.50. The minimum atomic E-state index is 0.306. The summed E-state index contributed by atoms with van der Waals surface area (Å²) in [5.41, 5.74) is 1.12. The van der Waals surface area contributed by atoms with Crippen LogP contribution in [0, 0.1) is 0 Å². The summed E-state index contributed by atoms with van der Waals surface area (Å²) in [5, 5.41) is 6.72. The number of amides is 1. The standard InChI is InChI=1S/C22H36N6O2/c1-2-23-22(25-11-7-13-27-12-5-3-4-9-20(27)29)26-18-19-8-6-10-24-21(19)28-14-16-30-17-15-28/h6,8,10H,2-5,7,9,11-18H2,1H3,(H2,23,25,26). The maximum Gasteiger partial charge on any atom is 0.222 e. The molecule has 2 fully saturated rings. The monoisotopic (exact) mass is 416 g/mol. The van der Waals surface area contributed by atoms with Gasteiger partial charge in [-0.1, -0.05) is 12.5 Å². The fourth-order valence-electron chi connectivity index (χ4n) is 3.87. The van der Waals surface area contributed by atoms with Crippen molar-refractivity contribution in [1.82, 2.24) is 20.5 Å². The number of nitrogens with zero attached hydrogens (tertiary/aromatic N) is 4. The molecule has 2 N–H and O–H groups in total. The number of rotatable bonds is 8. The first-order valence-electron chi connectivity index (χ1n) is 11.3. The summed E-state index contributed by atoms with van der Waals surface area (Å²) in [7, 11) is 0. The van der Waals surface area contributed by atoms with Gasteiger partial charge >= 0.3 is 0 Å². The van der Waals surface area contributed by atoms with E-state index in [-0.39, 0.29) is 0 Å². The maximum absolute atomic E-state index is 12.1. The predicted molar refractivity (Wildman–Crippen MR) is 120 cm³/mol. The number of ether oxygens (including phenoxy) is 1. The molecule has 1 aromatic heterocycles. The first-order valence-corrected chi connectivity index (χ1v) is 11.3. The van der Waals surface area contributed by atoms with E-state index in [4.69, 9.17) is 9.73 Å². The number of carbonyl (C=O) groups excluding carboxylic acids is 1. The Bertz CT molecular complexity index is 690. The van der Waals surface area contributed by atoms with E-state index in [1.807, 2.05) is 17.2 Å². The largest absolute Gasteiger partial charge is 0.378 e. The minimum absolute atomic E-state index is 0.306. The van der Waals surface area contributed by atoms with Crippen LogP contribution in [0.1, 0.15) is 44.6 Å². The molecule has 1 amide bonds. The molecule has 0 bridgehead atoms. The van der Waals surface area contributed by atoms with Gasteiger partial charge in [-0.25, -0.2) is 9.98 Å². The molecule has 2 aliphatic rings. The van der Waals surface area contributed by atoms with Crippen molar-refractivity contribution in [2.75, 3.05) is 57.4 Å². The first kappa shape index (κ1) is 22.3. The number of hydrogen-bond donors (Lipinski definition) is 2. The van der Waals surface area contributed by atoms with Crippen molar-refractivity contribution in [2.45, 2.75) is 45.6 Å². The van der Waals surface area contributed by atoms with Crippen LogP contribution in [0.2, 0.25) is 0 Å². The van der Waals surface area contributed by atoms with Crippen LogP contribution >= 0.6 is 0 Å². The van der Waals surface area contributed by atoms with Gasteiger partial charge in [0.2, 0.25) is 5.91 Å². The van der Waals surface area contributed by atoms with Crippen LogP contribution < -0.4 is 15.5 Å². The summed E-state index contributed by atoms with van der Waals surface area (Å²) >= 11 is 0. The van der Waals surface area contributed by atoms with Crippen LogP contribution in [0.5, 0.6) is 0 Å². The highest BCUT2D eigenvalue weighted by atomic mass is 16.5. The Morgan fingerprint density at radius 1 is 1.20 bits per heavy atom. The zero-order valence-corrected chi connectivity index (χ0v) is 18.2. The van der Waals surface area contributed by atoms with E-state index >= 15 is 0 Å². The number of hydrogen-bond acceptors (Lipinski definition) is 5. The number of guanidine groups is 1. The molecule has 2 aliphatic heterocycles. The Balaban J connectivity index is 1.51. The zero-order chi connectivity index (χ0) is 21.0. The number of nitrogens with one attached hydrogen (secondary N) is 2. The molecule has 8 heteroatoms. The van der Waals surface area contributed by atoms with Crippen molar-refractivity contribution in [1.29, 1.82) is 0 Å². The molecule has 0 atom stereocenters. The Kier molecular flexibility index (Phi) is 9.21. The van der Waals surface area contributed by atoms with Gasteiger partial charge in [-0.3, -0.25) is 4.79 Å². The van der Waals surface area contributed by atoms with Gasteiger partial charge in [-0.2, -0.15) is 0 Å². The Morgan fingerprint density at radius 3 is 2.90 bits per heavy atom. The van der Waals surface area contributed by atoms with E-state index < -0.39 is 0 Å². The normalized spacial score (nSPS) is 18.3. The lowest BCUT2D eigenvalue weighted by molar-refractivity contribution is -0.130. The van der Waals surface area contributed by atoms with E-state index in [0.29, 0.717) is 18.9 Å². The smallest absolute Gasteiger partial charge is 0.222 e. The molecule has 1 aromatic rings. The molecule has 0 radical (unpaired) electrons. The van der Waals surface area contributed by atoms with Gasteiger partial charge in [-0.05, 0) is 32.3 Å². The quantitative estimate of drug-likeness (QED) is 0.382. The van der Waals surface area contributed by atoms with Gasteiger partial charge < -0.3 is 25.2 Å². The maximum atomic E-state index is 12.1. The molecular formula is C22H36N6O2. The van der Waals surface area contributed by atoms with Crippen molar-refractivity contribution in [3.8, 4) is 0 Å². The lowest BCUT2D eigenvalue weighted by Crippen LogP contribution is -2.39. The van der Waals surface area contributed by atoms with E-state index in [1.54, 1.807) is 0 Å². The van der Waals surface area contributed by atoms with Crippen LogP contribution in [0.4, 0.5) is 5.82 Å². The second-order valence-corrected chi connectivity index (χ2v) is 7.75. The summed E-state index contributed by atoms with van der Waals surface area (Å²) in [6.45, 7) is 9.15. The predicted octanol–water partition coefficient (Wildman–Crippen LogP) is 1.77. The van der Waals surface area contributed by atoms with Crippen LogP contribution in [0.3, 0.4) is 0 Å². The van der Waals surface area contributed by atoms with Crippen molar-refractivity contribution < 1.29 is 9.53 Å². The van der Waals surface area contributed by atoms with Crippen LogP contribution in [0.15, 0.2) is 23.3 Å². The van der Waals surface area contributed by atoms with Crippen LogP contribution in [-0.4, -0.2) is 74.2 Å². The molecule has 0 saturated carbocycles. The average molecular weight is 417 g/mol. The number of carbonyl (C=O) groups is 1. The molecule has 0 spiro atoms. The van der Waals surface area contributed by atoms with Gasteiger partial charge in [0.25, 0.3) is 0 Å². The lowest BCUT2D eigenvalue weighted by atomic mass is 10.2. The molecule has 2 saturated heterocycles. The first-order chi connectivity index (χ1) is 14.8. The Hall–Kier alpha value is -2.35. The second kappa shape index (κ2) is 12.4. The SMILES string of the molecule is CCNC(=NCc1cccnc1N1CCOCC1)NCCCN1CCCCCC1=O. The summed E-state index contributed by atoms with van der Waals surface area (Å²) in [5.74, 6) is 2.11. The molecule has 8 nitrogen and oxygen atoms in total. The van der Waals surface area contributed by atoms with Crippen molar-refractivity contribution >= 4 is 17.7 Å². The summed E-state index contributed by atoms with van der Waals surface area (Å²) in [6.07, 6.45) is 6.78. The van der Waals surface area contributed by atoms with Crippen LogP contribution in [0.25, 0.3) is 0 Å². The summed E-state index contributed by atoms with van der Waals surface area (Å²) in [6, 6.07) is 4.06. The molecular weight excluding hydrogens is 380 g/mol. The van der Waals surface area contributed by atoms with Crippen molar-refractivity contribution in [3.63, 3.8) is 0 Å². The fourth-order valence-corrected chi connectivity index (χ4v) is 3.87. The molecule has 30 heavy (non-hydrogen) atoms. The highest BCUT2D eigenvalue weighted by Crippen LogP contribution is 2.19. The molecule has 3 rings (SSSR count). The number of morpholine rings is 1. The number of aliphatic imine (C=N–C) groups is 1. The molecule has 3 heterocycles. The van der Waals surface area contributed by atoms with E-state index in [9.17, 15) is 4.79 Å². The average Bonchev–Trinajstić information content (AvgIpc) is 2.99. The summed E-state index contributed by atoms with van der Waals surface area (Å²) in [4.78, 5) is 25.8. The topological polar surface area (TPSA) is 82.1 Å². The lowest BCUT2D eigenvalue weighted by Gasteiger charge is -2.29. The Labute approximate surface area is 180 Å². The van der Waals surface area contributed by atoms with Gasteiger partial charge in [0, 0.05) is 57.4 Å². The highest BCUT2D eigenvalue weighted by molar-refractivity contribution is 5.79. The molecule has 166 valence electrons. The van der Waals surface area contributed by atoms with E-state index in [1.165, 1.54) is 6.42 Å². The van der Waals surface area contributed by atoms with Crippen molar-refractivity contribution in [2.24, 2.45) is 4.99 Å². The molecule has 0 unspecified atom stereocenters. The number of likely N-dealkylation sites (tertiary alicyclic amines) is 1. The minimum Gasteiger partial charge on any atom is -0.378 e. The van der Waals surface area contributed by atoms with Gasteiger partial charge in [0.15, 0.2) is 5.96 Å². The van der Waals surface area contributed by atoms with Gasteiger partial charge in [-0.15, -0.1) is 0 Å². The van der Waals surface area contributed by atoms with E-state index in [0.717, 1.165) is 89.1 Å². The number of aromatic nitrogens is 1. The van der Waals surface area contributed by atoms with Gasteiger partial charge in [0.1, 0.15) is 5.82 Å². The summed E-state index contributed by atoms with van der Waals surface area (Å²) < 4.78 is 5.46. The second-order valence-electron chi connectivity index (χ2n) is 7.75. The van der Waals surface area contributed by atoms with Gasteiger partial charge in [0.05, 0.1) is 19.8 Å². The number of pyridine rings is 1. The van der Waals surface area contributed by atoms with E-state index in [2.05, 4.69) is 33.5 Å². The molecule has 0 aliphatic carbocycles. The van der Waals surface area contributed by atoms with Crippen molar-refractivity contribution in [3.05, 3.63) is 23.9 Å². The third kappa shape index (κ3) is 6.86.